The Morgan fingerprint density at radius 3 is 1.47 bits per heavy atom. The molecule has 4 aromatic carbocycles. The standard InChI is InChI=1S/C43H49N3O9/c1-31(2)39(42(50)54-28-34-20-11-5-12-21-34)46-40(48)37(30-52-26-32-16-7-3-8-17-32)44-38(47)25-15-24-36(41(49)53-27-33-18-9-4-10-19-33)45-43(51)55-29-35-22-13-6-14-23-35/h3-14,16-23,31,36-37,39H,15,24-30H2,1-2H3,(H,44,47)(H,45,51)(H,46,48)/t36-,37+,39+/m0/s1. The smallest absolute Gasteiger partial charge is 0.408 e. The Labute approximate surface area is 321 Å². The maximum absolute atomic E-state index is 13.6. The van der Waals surface area contributed by atoms with E-state index in [0.717, 1.165) is 22.3 Å². The lowest BCUT2D eigenvalue weighted by Crippen LogP contribution is -2.55. The molecule has 0 unspecified atom stereocenters. The van der Waals surface area contributed by atoms with Crippen molar-refractivity contribution in [3.05, 3.63) is 144 Å². The fourth-order valence-electron chi connectivity index (χ4n) is 5.34. The number of hydrogen-bond donors (Lipinski definition) is 3. The lowest BCUT2D eigenvalue weighted by Gasteiger charge is -2.25. The molecule has 4 rings (SSSR count). The summed E-state index contributed by atoms with van der Waals surface area (Å²) >= 11 is 0. The minimum atomic E-state index is -1.16. The molecular formula is C43H49N3O9. The van der Waals surface area contributed by atoms with Crippen LogP contribution in [0.25, 0.3) is 0 Å². The van der Waals surface area contributed by atoms with Gasteiger partial charge in [0, 0.05) is 6.42 Å². The van der Waals surface area contributed by atoms with Gasteiger partial charge in [0.25, 0.3) is 0 Å². The summed E-state index contributed by atoms with van der Waals surface area (Å²) in [6.45, 7) is 3.60. The van der Waals surface area contributed by atoms with Crippen molar-refractivity contribution in [3.63, 3.8) is 0 Å². The number of amides is 3. The average molecular weight is 752 g/mol. The highest BCUT2D eigenvalue weighted by molar-refractivity contribution is 5.91. The molecule has 55 heavy (non-hydrogen) atoms. The Morgan fingerprint density at radius 2 is 0.982 bits per heavy atom. The van der Waals surface area contributed by atoms with E-state index in [1.54, 1.807) is 38.1 Å². The van der Waals surface area contributed by atoms with Crippen LogP contribution in [0.2, 0.25) is 0 Å². The molecule has 0 saturated heterocycles. The summed E-state index contributed by atoms with van der Waals surface area (Å²) in [6.07, 6.45) is -0.719. The number of benzene rings is 4. The van der Waals surface area contributed by atoms with Gasteiger partial charge in [0.15, 0.2) is 0 Å². The molecule has 12 nitrogen and oxygen atoms in total. The Balaban J connectivity index is 1.36. The van der Waals surface area contributed by atoms with Gasteiger partial charge in [0.05, 0.1) is 13.2 Å². The molecule has 0 fully saturated rings. The molecule has 3 N–H and O–H groups in total. The van der Waals surface area contributed by atoms with Crippen molar-refractivity contribution in [2.75, 3.05) is 6.61 Å². The zero-order chi connectivity index (χ0) is 39.3. The van der Waals surface area contributed by atoms with Crippen LogP contribution in [0.15, 0.2) is 121 Å². The lowest BCUT2D eigenvalue weighted by atomic mass is 10.0. The highest BCUT2D eigenvalue weighted by Crippen LogP contribution is 2.11. The number of nitrogens with one attached hydrogen (secondary N) is 3. The maximum atomic E-state index is 13.6. The fraction of sp³-hybridized carbons (Fsp3) is 0.326. The molecule has 0 aliphatic carbocycles. The van der Waals surface area contributed by atoms with E-state index >= 15 is 0 Å². The number of ether oxygens (including phenoxy) is 4. The van der Waals surface area contributed by atoms with Crippen LogP contribution in [0, 0.1) is 5.92 Å². The van der Waals surface area contributed by atoms with Crippen LogP contribution in [-0.4, -0.2) is 54.6 Å². The van der Waals surface area contributed by atoms with Gasteiger partial charge in [0.1, 0.15) is 37.9 Å². The predicted octanol–water partition coefficient (Wildman–Crippen LogP) is 5.78. The molecule has 290 valence electrons. The Kier molecular flexibility index (Phi) is 17.4. The van der Waals surface area contributed by atoms with Crippen LogP contribution < -0.4 is 16.0 Å². The van der Waals surface area contributed by atoms with E-state index in [1.165, 1.54) is 0 Å². The zero-order valence-electron chi connectivity index (χ0n) is 31.2. The van der Waals surface area contributed by atoms with E-state index in [2.05, 4.69) is 16.0 Å². The molecule has 0 radical (unpaired) electrons. The Hall–Kier alpha value is -6.01. The van der Waals surface area contributed by atoms with Gasteiger partial charge in [-0.05, 0) is 41.0 Å². The first kappa shape index (κ1) is 41.7. The van der Waals surface area contributed by atoms with Gasteiger partial charge in [-0.2, -0.15) is 0 Å². The molecule has 3 amide bonds. The van der Waals surface area contributed by atoms with Crippen molar-refractivity contribution < 1.29 is 42.9 Å². The molecule has 0 spiro atoms. The average Bonchev–Trinajstić information content (AvgIpc) is 3.20. The SMILES string of the molecule is CC(C)[C@@H](NC(=O)[C@@H](COCc1ccccc1)NC(=O)CCC[C@H](NC(=O)OCc1ccccc1)C(=O)OCc1ccccc1)C(=O)OCc1ccccc1. The summed E-state index contributed by atoms with van der Waals surface area (Å²) in [5.41, 5.74) is 3.21. The molecule has 0 aliphatic rings. The van der Waals surface area contributed by atoms with Crippen molar-refractivity contribution in [3.8, 4) is 0 Å². The topological polar surface area (TPSA) is 158 Å². The number of esters is 2. The van der Waals surface area contributed by atoms with Crippen molar-refractivity contribution in [1.29, 1.82) is 0 Å². The molecule has 3 atom stereocenters. The molecular weight excluding hydrogens is 702 g/mol. The number of carbonyl (C=O) groups is 5. The molecule has 4 aromatic rings. The van der Waals surface area contributed by atoms with Crippen LogP contribution in [0.5, 0.6) is 0 Å². The van der Waals surface area contributed by atoms with E-state index in [9.17, 15) is 24.0 Å². The van der Waals surface area contributed by atoms with E-state index in [4.69, 9.17) is 18.9 Å². The number of carbonyl (C=O) groups excluding carboxylic acids is 5. The Morgan fingerprint density at radius 1 is 0.527 bits per heavy atom. The van der Waals surface area contributed by atoms with Crippen molar-refractivity contribution >= 4 is 29.8 Å². The summed E-state index contributed by atoms with van der Waals surface area (Å²) in [4.78, 5) is 65.8. The first-order valence-electron chi connectivity index (χ1n) is 18.3. The third-order valence-corrected chi connectivity index (χ3v) is 8.40. The van der Waals surface area contributed by atoms with E-state index in [0.29, 0.717) is 0 Å². The molecule has 0 saturated carbocycles. The van der Waals surface area contributed by atoms with Crippen LogP contribution in [0.1, 0.15) is 55.4 Å². The quantitative estimate of drug-likeness (QED) is 0.0709. The van der Waals surface area contributed by atoms with Gasteiger partial charge in [-0.15, -0.1) is 0 Å². The van der Waals surface area contributed by atoms with E-state index in [1.807, 2.05) is 97.1 Å². The second-order valence-electron chi connectivity index (χ2n) is 13.2. The summed E-state index contributed by atoms with van der Waals surface area (Å²) < 4.78 is 22.2. The minimum Gasteiger partial charge on any atom is -0.459 e. The van der Waals surface area contributed by atoms with Crippen molar-refractivity contribution in [2.45, 2.75) is 77.7 Å². The molecule has 0 heterocycles. The normalized spacial score (nSPS) is 12.4. The van der Waals surface area contributed by atoms with Crippen molar-refractivity contribution in [1.82, 2.24) is 16.0 Å². The number of hydrogen-bond acceptors (Lipinski definition) is 9. The summed E-state index contributed by atoms with van der Waals surface area (Å²) in [7, 11) is 0. The maximum Gasteiger partial charge on any atom is 0.408 e. The molecule has 0 aliphatic heterocycles. The first-order chi connectivity index (χ1) is 26.7. The third-order valence-electron chi connectivity index (χ3n) is 8.40. The second-order valence-corrected chi connectivity index (χ2v) is 13.2. The lowest BCUT2D eigenvalue weighted by molar-refractivity contribution is -0.151. The van der Waals surface area contributed by atoms with Crippen LogP contribution in [-0.2, 0) is 64.6 Å². The van der Waals surface area contributed by atoms with E-state index in [-0.39, 0.29) is 58.2 Å². The van der Waals surface area contributed by atoms with Gasteiger partial charge >= 0.3 is 18.0 Å². The molecule has 12 heteroatoms. The van der Waals surface area contributed by atoms with Crippen LogP contribution in [0.3, 0.4) is 0 Å². The highest BCUT2D eigenvalue weighted by atomic mass is 16.6. The summed E-state index contributed by atoms with van der Waals surface area (Å²) in [5, 5.41) is 8.02. The Bertz CT molecular complexity index is 1770. The van der Waals surface area contributed by atoms with Gasteiger partial charge in [-0.25, -0.2) is 14.4 Å². The van der Waals surface area contributed by atoms with Gasteiger partial charge in [0.2, 0.25) is 11.8 Å². The number of rotatable bonds is 21. The van der Waals surface area contributed by atoms with Crippen molar-refractivity contribution in [2.24, 2.45) is 5.92 Å². The second kappa shape index (κ2) is 22.9. The summed E-state index contributed by atoms with van der Waals surface area (Å²) in [5.74, 6) is -2.74. The monoisotopic (exact) mass is 751 g/mol. The largest absolute Gasteiger partial charge is 0.459 e. The van der Waals surface area contributed by atoms with Crippen LogP contribution >= 0.6 is 0 Å². The van der Waals surface area contributed by atoms with Crippen LogP contribution in [0.4, 0.5) is 4.79 Å². The van der Waals surface area contributed by atoms with Gasteiger partial charge < -0.3 is 34.9 Å². The minimum absolute atomic E-state index is 0.000920. The zero-order valence-corrected chi connectivity index (χ0v) is 31.2. The van der Waals surface area contributed by atoms with E-state index < -0.39 is 48.0 Å². The highest BCUT2D eigenvalue weighted by Gasteiger charge is 2.30. The van der Waals surface area contributed by atoms with Gasteiger partial charge in [-0.3, -0.25) is 9.59 Å². The predicted molar refractivity (Wildman–Crippen MR) is 205 cm³/mol. The van der Waals surface area contributed by atoms with Gasteiger partial charge in [-0.1, -0.05) is 135 Å². The number of alkyl carbamates (subject to hydrolysis) is 1. The first-order valence-corrected chi connectivity index (χ1v) is 18.3. The molecule has 0 aromatic heterocycles. The molecule has 0 bridgehead atoms. The fourth-order valence-corrected chi connectivity index (χ4v) is 5.34. The third kappa shape index (κ3) is 15.5. The summed E-state index contributed by atoms with van der Waals surface area (Å²) in [6, 6.07) is 33.5.